The van der Waals surface area contributed by atoms with Crippen LogP contribution in [0.25, 0.3) is 0 Å². The Morgan fingerprint density at radius 1 is 1.20 bits per heavy atom. The van der Waals surface area contributed by atoms with E-state index in [1.807, 2.05) is 4.90 Å². The average molecular weight is 282 g/mol. The van der Waals surface area contributed by atoms with Crippen molar-refractivity contribution in [1.29, 1.82) is 0 Å². The van der Waals surface area contributed by atoms with Crippen LogP contribution in [0.4, 0.5) is 4.39 Å². The first-order chi connectivity index (χ1) is 9.51. The lowest BCUT2D eigenvalue weighted by molar-refractivity contribution is -0.156. The van der Waals surface area contributed by atoms with Gasteiger partial charge in [0.25, 0.3) is 0 Å². The molecule has 2 unspecified atom stereocenters. The first kappa shape index (κ1) is 14.3. The molecule has 0 aromatic carbocycles. The molecule has 3 nitrogen and oxygen atoms in total. The van der Waals surface area contributed by atoms with Gasteiger partial charge in [-0.25, -0.2) is 4.39 Å². The van der Waals surface area contributed by atoms with E-state index in [4.69, 9.17) is 0 Å². The molecule has 3 fully saturated rings. The summed E-state index contributed by atoms with van der Waals surface area (Å²) in [4.78, 5) is 16.7. The summed E-state index contributed by atoms with van der Waals surface area (Å²) in [6.07, 6.45) is 4.21. The highest BCUT2D eigenvalue weighted by Crippen LogP contribution is 2.42. The maximum Gasteiger partial charge on any atom is 0.228 e. The topological polar surface area (TPSA) is 23.6 Å². The van der Waals surface area contributed by atoms with Crippen molar-refractivity contribution in [2.75, 3.05) is 26.2 Å². The predicted molar refractivity (Wildman–Crippen MR) is 77.2 cm³/mol. The minimum Gasteiger partial charge on any atom is -0.341 e. The van der Waals surface area contributed by atoms with Crippen LogP contribution in [0.2, 0.25) is 0 Å². The summed E-state index contributed by atoms with van der Waals surface area (Å²) in [5.41, 5.74) is 0.298. The van der Waals surface area contributed by atoms with Crippen LogP contribution in [0, 0.1) is 11.3 Å². The lowest BCUT2D eigenvalue weighted by Gasteiger charge is -2.53. The molecule has 3 rings (SSSR count). The molecule has 0 N–H and O–H groups in total. The van der Waals surface area contributed by atoms with Crippen molar-refractivity contribution in [2.45, 2.75) is 58.2 Å². The Bertz CT molecular complexity index is 379. The van der Waals surface area contributed by atoms with Crippen LogP contribution in [0.1, 0.15) is 46.0 Å². The standard InChI is InChI=1S/C16H27FN2O/c1-12(2)18-8-4-3-7-16(9-18)10-19(11-16)15(20)13-5-6-14(13)17/h12-14H,3-11H2,1-2H3. The van der Waals surface area contributed by atoms with Gasteiger partial charge in [-0.1, -0.05) is 6.42 Å². The number of amides is 1. The fourth-order valence-electron chi connectivity index (χ4n) is 3.99. The van der Waals surface area contributed by atoms with Crippen molar-refractivity contribution >= 4 is 5.91 Å². The third-order valence-electron chi connectivity index (χ3n) is 5.54. The minimum atomic E-state index is -0.875. The van der Waals surface area contributed by atoms with Gasteiger partial charge in [-0.15, -0.1) is 0 Å². The minimum absolute atomic E-state index is 0.0784. The normalized spacial score (nSPS) is 33.7. The second-order valence-electron chi connectivity index (χ2n) is 7.42. The maximum absolute atomic E-state index is 13.4. The summed E-state index contributed by atoms with van der Waals surface area (Å²) < 4.78 is 13.4. The van der Waals surface area contributed by atoms with Crippen LogP contribution >= 0.6 is 0 Å². The summed E-state index contributed by atoms with van der Waals surface area (Å²) in [7, 11) is 0. The van der Waals surface area contributed by atoms with Gasteiger partial charge in [0.1, 0.15) is 6.17 Å². The number of halogens is 1. The molecule has 1 aliphatic carbocycles. The monoisotopic (exact) mass is 282 g/mol. The highest BCUT2D eigenvalue weighted by molar-refractivity contribution is 5.81. The molecule has 0 aromatic rings. The zero-order valence-corrected chi connectivity index (χ0v) is 12.8. The van der Waals surface area contributed by atoms with Crippen LogP contribution in [-0.4, -0.2) is 54.1 Å². The zero-order valence-electron chi connectivity index (χ0n) is 12.8. The number of rotatable bonds is 2. The molecule has 1 saturated carbocycles. The Morgan fingerprint density at radius 3 is 2.50 bits per heavy atom. The summed E-state index contributed by atoms with van der Waals surface area (Å²) >= 11 is 0. The number of hydrogen-bond acceptors (Lipinski definition) is 2. The van der Waals surface area contributed by atoms with E-state index < -0.39 is 6.17 Å². The Morgan fingerprint density at radius 2 is 1.95 bits per heavy atom. The smallest absolute Gasteiger partial charge is 0.228 e. The summed E-state index contributed by atoms with van der Waals surface area (Å²) in [6, 6.07) is 0.580. The molecule has 2 saturated heterocycles. The molecule has 1 spiro atoms. The van der Waals surface area contributed by atoms with Crippen molar-refractivity contribution in [3.8, 4) is 0 Å². The second-order valence-corrected chi connectivity index (χ2v) is 7.42. The van der Waals surface area contributed by atoms with E-state index in [1.54, 1.807) is 0 Å². The van der Waals surface area contributed by atoms with E-state index in [1.165, 1.54) is 25.8 Å². The number of alkyl halides is 1. The first-order valence-corrected chi connectivity index (χ1v) is 8.18. The lowest BCUT2D eigenvalue weighted by Crippen LogP contribution is -2.64. The molecular formula is C16H27FN2O. The average Bonchev–Trinajstić information content (AvgIpc) is 2.57. The number of likely N-dealkylation sites (tertiary alicyclic amines) is 2. The zero-order chi connectivity index (χ0) is 14.3. The Kier molecular flexibility index (Phi) is 3.78. The summed E-state index contributed by atoms with van der Waals surface area (Å²) in [5.74, 6) is -0.242. The van der Waals surface area contributed by atoms with Gasteiger partial charge in [0.05, 0.1) is 5.92 Å². The van der Waals surface area contributed by atoms with Crippen molar-refractivity contribution in [1.82, 2.24) is 9.80 Å². The van der Waals surface area contributed by atoms with Gasteiger partial charge >= 0.3 is 0 Å². The van der Waals surface area contributed by atoms with Gasteiger partial charge < -0.3 is 9.80 Å². The molecule has 0 radical (unpaired) electrons. The largest absolute Gasteiger partial charge is 0.341 e. The fraction of sp³-hybridized carbons (Fsp3) is 0.938. The maximum atomic E-state index is 13.4. The van der Waals surface area contributed by atoms with E-state index >= 15 is 0 Å². The van der Waals surface area contributed by atoms with Crippen LogP contribution in [0.3, 0.4) is 0 Å². The van der Waals surface area contributed by atoms with Crippen LogP contribution in [0.15, 0.2) is 0 Å². The van der Waals surface area contributed by atoms with E-state index in [-0.39, 0.29) is 11.8 Å². The predicted octanol–water partition coefficient (Wildman–Crippen LogP) is 2.46. The SMILES string of the molecule is CC(C)N1CCCCC2(CN(C(=O)C3CCC3F)C2)C1. The molecule has 114 valence electrons. The Hall–Kier alpha value is -0.640. The quantitative estimate of drug-likeness (QED) is 0.777. The summed E-state index contributed by atoms with van der Waals surface area (Å²) in [6.45, 7) is 8.52. The Balaban J connectivity index is 1.58. The van der Waals surface area contributed by atoms with Crippen LogP contribution in [-0.2, 0) is 4.79 Å². The van der Waals surface area contributed by atoms with Gasteiger partial charge in [-0.2, -0.15) is 0 Å². The van der Waals surface area contributed by atoms with E-state index in [9.17, 15) is 9.18 Å². The molecular weight excluding hydrogens is 255 g/mol. The van der Waals surface area contributed by atoms with Gasteiger partial charge in [0.2, 0.25) is 5.91 Å². The molecule has 0 bridgehead atoms. The van der Waals surface area contributed by atoms with Gasteiger partial charge in [0, 0.05) is 31.1 Å². The Labute approximate surface area is 121 Å². The molecule has 2 heterocycles. The third kappa shape index (κ3) is 2.47. The number of carbonyl (C=O) groups excluding carboxylic acids is 1. The van der Waals surface area contributed by atoms with E-state index in [0.717, 1.165) is 26.1 Å². The van der Waals surface area contributed by atoms with Gasteiger partial charge in [-0.05, 0) is 46.1 Å². The van der Waals surface area contributed by atoms with Crippen molar-refractivity contribution in [2.24, 2.45) is 11.3 Å². The molecule has 0 aromatic heterocycles. The van der Waals surface area contributed by atoms with Gasteiger partial charge in [0.15, 0.2) is 0 Å². The van der Waals surface area contributed by atoms with E-state index in [2.05, 4.69) is 18.7 Å². The third-order valence-corrected chi connectivity index (χ3v) is 5.54. The lowest BCUT2D eigenvalue weighted by atomic mass is 9.73. The molecule has 2 atom stereocenters. The van der Waals surface area contributed by atoms with Crippen molar-refractivity contribution < 1.29 is 9.18 Å². The van der Waals surface area contributed by atoms with Crippen LogP contribution in [0.5, 0.6) is 0 Å². The van der Waals surface area contributed by atoms with Crippen LogP contribution < -0.4 is 0 Å². The first-order valence-electron chi connectivity index (χ1n) is 8.18. The molecule has 1 amide bonds. The highest BCUT2D eigenvalue weighted by atomic mass is 19.1. The molecule has 3 aliphatic rings. The number of carbonyl (C=O) groups is 1. The van der Waals surface area contributed by atoms with Gasteiger partial charge in [-0.3, -0.25) is 4.79 Å². The molecule has 4 heteroatoms. The fourth-order valence-corrected chi connectivity index (χ4v) is 3.99. The van der Waals surface area contributed by atoms with E-state index in [0.29, 0.717) is 17.9 Å². The highest BCUT2D eigenvalue weighted by Gasteiger charge is 2.50. The summed E-state index contributed by atoms with van der Waals surface area (Å²) in [5, 5.41) is 0. The van der Waals surface area contributed by atoms with Crippen molar-refractivity contribution in [3.63, 3.8) is 0 Å². The van der Waals surface area contributed by atoms with Crippen molar-refractivity contribution in [3.05, 3.63) is 0 Å². The molecule has 20 heavy (non-hydrogen) atoms. The molecule has 2 aliphatic heterocycles. The number of hydrogen-bond donors (Lipinski definition) is 0. The second kappa shape index (κ2) is 5.28. The number of nitrogens with zero attached hydrogens (tertiary/aromatic N) is 2.